The lowest BCUT2D eigenvalue weighted by Gasteiger charge is -2.42. The molecule has 0 N–H and O–H groups in total. The van der Waals surface area contributed by atoms with Gasteiger partial charge in [-0.25, -0.2) is 0 Å². The van der Waals surface area contributed by atoms with E-state index < -0.39 is 4.75 Å². The van der Waals surface area contributed by atoms with E-state index in [2.05, 4.69) is 15.9 Å². The first-order valence-corrected chi connectivity index (χ1v) is 16.2. The number of rotatable bonds is 13. The molecule has 1 amide bonds. The predicted molar refractivity (Wildman–Crippen MR) is 179 cm³/mol. The van der Waals surface area contributed by atoms with Crippen LogP contribution < -0.4 is 28.6 Å². The molecule has 1 unspecified atom stereocenters. The maximum Gasteiger partial charge on any atom is 0.247 e. The van der Waals surface area contributed by atoms with Crippen LogP contribution in [-0.4, -0.2) is 97.6 Å². The number of piperazine rings is 1. The van der Waals surface area contributed by atoms with Gasteiger partial charge >= 0.3 is 0 Å². The van der Waals surface area contributed by atoms with Crippen molar-refractivity contribution in [3.63, 3.8) is 0 Å². The Morgan fingerprint density at radius 2 is 1.36 bits per heavy atom. The van der Waals surface area contributed by atoms with Crippen LogP contribution in [0.5, 0.6) is 28.7 Å². The summed E-state index contributed by atoms with van der Waals surface area (Å²) in [6.45, 7) is 5.93. The molecule has 1 fully saturated rings. The van der Waals surface area contributed by atoms with Crippen molar-refractivity contribution in [3.05, 3.63) is 65.7 Å². The Balaban J connectivity index is 1.23. The zero-order valence-electron chi connectivity index (χ0n) is 27.3. The lowest BCUT2D eigenvalue weighted by atomic mass is 9.90. The van der Waals surface area contributed by atoms with Crippen molar-refractivity contribution in [2.75, 3.05) is 86.8 Å². The molecule has 0 aliphatic carbocycles. The Hall–Kier alpha value is -3.60. The molecule has 3 aromatic rings. The number of nitrogens with zero attached hydrogens (tertiary/aromatic N) is 3. The lowest BCUT2D eigenvalue weighted by molar-refractivity contribution is -0.121. The summed E-state index contributed by atoms with van der Waals surface area (Å²) in [4.78, 5) is 22.1. The molecule has 3 aromatic carbocycles. The fraction of sp³-hybridized carbons (Fsp3) is 0.457. The Morgan fingerprint density at radius 3 is 1.98 bits per heavy atom. The second kappa shape index (κ2) is 14.7. The Bertz CT molecular complexity index is 1450. The first kappa shape index (κ1) is 32.8. The van der Waals surface area contributed by atoms with Crippen molar-refractivity contribution in [1.29, 1.82) is 0 Å². The highest BCUT2D eigenvalue weighted by atomic mass is 32.2. The molecule has 2 aliphatic rings. The van der Waals surface area contributed by atoms with Gasteiger partial charge in [0.1, 0.15) is 4.75 Å². The van der Waals surface area contributed by atoms with Gasteiger partial charge in [-0.2, -0.15) is 0 Å². The van der Waals surface area contributed by atoms with Gasteiger partial charge in [0.2, 0.25) is 11.7 Å². The Labute approximate surface area is 271 Å². The van der Waals surface area contributed by atoms with Gasteiger partial charge in [0.25, 0.3) is 0 Å². The third kappa shape index (κ3) is 6.83. The van der Waals surface area contributed by atoms with Crippen LogP contribution in [0.4, 0.5) is 5.69 Å². The standard InChI is InChI=1S/C35H45N3O6S/c1-36-27-10-7-8-11-32(27)45-35(34(36)39,26-12-13-28(40-2)29(24-26)41-3)15-9-16-37-18-20-38(21-19-37)17-14-25-22-30(42-4)33(44-6)31(23-25)43-5/h7-8,10-13,22-24H,9,14-21H2,1-6H3. The van der Waals surface area contributed by atoms with E-state index in [1.165, 1.54) is 0 Å². The zero-order chi connectivity index (χ0) is 32.0. The number of methoxy groups -OCH3 is 5. The fourth-order valence-corrected chi connectivity index (χ4v) is 7.91. The van der Waals surface area contributed by atoms with Crippen molar-refractivity contribution in [1.82, 2.24) is 9.80 Å². The van der Waals surface area contributed by atoms with Gasteiger partial charge < -0.3 is 38.4 Å². The van der Waals surface area contributed by atoms with Gasteiger partial charge in [0, 0.05) is 44.7 Å². The number of benzene rings is 3. The van der Waals surface area contributed by atoms with Crippen molar-refractivity contribution < 1.29 is 28.5 Å². The smallest absolute Gasteiger partial charge is 0.247 e. The number of likely N-dealkylation sites (N-methyl/N-ethyl adjacent to an activating group) is 1. The van der Waals surface area contributed by atoms with E-state index in [0.717, 1.165) is 73.8 Å². The molecular weight excluding hydrogens is 590 g/mol. The van der Waals surface area contributed by atoms with Crippen molar-refractivity contribution in [2.24, 2.45) is 0 Å². The summed E-state index contributed by atoms with van der Waals surface area (Å²) >= 11 is 1.66. The molecule has 0 bridgehead atoms. The molecule has 0 spiro atoms. The number of thioether (sulfide) groups is 1. The van der Waals surface area contributed by atoms with Crippen LogP contribution in [0.1, 0.15) is 24.0 Å². The summed E-state index contributed by atoms with van der Waals surface area (Å²) in [6.07, 6.45) is 2.51. The Kier molecular flexibility index (Phi) is 10.7. The highest BCUT2D eigenvalue weighted by Gasteiger charge is 2.47. The van der Waals surface area contributed by atoms with Crippen LogP contribution >= 0.6 is 11.8 Å². The third-order valence-corrected chi connectivity index (χ3v) is 10.4. The van der Waals surface area contributed by atoms with Crippen LogP contribution in [0.3, 0.4) is 0 Å². The number of amides is 1. The quantitative estimate of drug-likeness (QED) is 0.248. The number of para-hydroxylation sites is 1. The van der Waals surface area contributed by atoms with Gasteiger partial charge in [-0.15, -0.1) is 11.8 Å². The van der Waals surface area contributed by atoms with E-state index in [1.807, 2.05) is 60.5 Å². The summed E-state index contributed by atoms with van der Waals surface area (Å²) in [7, 11) is 10.1. The number of hydrogen-bond acceptors (Lipinski definition) is 9. The predicted octanol–water partition coefficient (Wildman–Crippen LogP) is 5.33. The minimum atomic E-state index is -0.759. The molecule has 2 aliphatic heterocycles. The van der Waals surface area contributed by atoms with Gasteiger partial charge in [0.05, 0.1) is 41.2 Å². The molecule has 0 aromatic heterocycles. The monoisotopic (exact) mass is 635 g/mol. The Morgan fingerprint density at radius 1 is 0.733 bits per heavy atom. The van der Waals surface area contributed by atoms with Crippen LogP contribution in [-0.2, 0) is 16.0 Å². The number of ether oxygens (including phenoxy) is 5. The molecule has 1 atom stereocenters. The number of anilines is 1. The summed E-state index contributed by atoms with van der Waals surface area (Å²) < 4.78 is 26.9. The largest absolute Gasteiger partial charge is 0.493 e. The molecule has 242 valence electrons. The molecule has 45 heavy (non-hydrogen) atoms. The second-order valence-electron chi connectivity index (χ2n) is 11.4. The van der Waals surface area contributed by atoms with Gasteiger partial charge in [-0.05, 0) is 73.3 Å². The SMILES string of the molecule is COc1ccc(C2(CCCN3CCN(CCc4cc(OC)c(OC)c(OC)c4)CC3)Sc3ccccc3N(C)C2=O)cc1OC. The van der Waals surface area contributed by atoms with Crippen molar-refractivity contribution in [3.8, 4) is 28.7 Å². The first-order valence-electron chi connectivity index (χ1n) is 15.4. The fourth-order valence-electron chi connectivity index (χ4n) is 6.36. The lowest BCUT2D eigenvalue weighted by Crippen LogP contribution is -2.48. The topological polar surface area (TPSA) is 72.9 Å². The van der Waals surface area contributed by atoms with Crippen LogP contribution in [0.25, 0.3) is 0 Å². The van der Waals surface area contributed by atoms with E-state index >= 15 is 0 Å². The van der Waals surface area contributed by atoms with Gasteiger partial charge in [-0.1, -0.05) is 18.2 Å². The summed E-state index contributed by atoms with van der Waals surface area (Å²) in [5.41, 5.74) is 3.05. The van der Waals surface area contributed by atoms with E-state index in [9.17, 15) is 4.79 Å². The molecule has 0 saturated carbocycles. The third-order valence-electron chi connectivity index (χ3n) is 8.92. The highest BCUT2D eigenvalue weighted by molar-refractivity contribution is 8.01. The molecule has 0 radical (unpaired) electrons. The highest BCUT2D eigenvalue weighted by Crippen LogP contribution is 2.54. The minimum absolute atomic E-state index is 0.0926. The van der Waals surface area contributed by atoms with Crippen LogP contribution in [0, 0.1) is 0 Å². The second-order valence-corrected chi connectivity index (χ2v) is 12.7. The minimum Gasteiger partial charge on any atom is -0.493 e. The van der Waals surface area contributed by atoms with E-state index in [4.69, 9.17) is 23.7 Å². The first-order chi connectivity index (χ1) is 21.9. The number of fused-ring (bicyclic) bond motifs is 1. The summed E-state index contributed by atoms with van der Waals surface area (Å²) in [5, 5.41) is 0. The number of hydrogen-bond donors (Lipinski definition) is 0. The molecule has 10 heteroatoms. The van der Waals surface area contributed by atoms with Crippen molar-refractivity contribution >= 4 is 23.4 Å². The van der Waals surface area contributed by atoms with E-state index in [-0.39, 0.29) is 5.91 Å². The molecule has 9 nitrogen and oxygen atoms in total. The molecule has 5 rings (SSSR count). The normalized spacial score (nSPS) is 18.8. The number of carbonyl (C=O) groups is 1. The average Bonchev–Trinajstić information content (AvgIpc) is 3.09. The maximum absolute atomic E-state index is 14.2. The van der Waals surface area contributed by atoms with Gasteiger partial charge in [-0.3, -0.25) is 4.79 Å². The van der Waals surface area contributed by atoms with E-state index in [0.29, 0.717) is 35.2 Å². The van der Waals surface area contributed by atoms with Crippen LogP contribution in [0.2, 0.25) is 0 Å². The van der Waals surface area contributed by atoms with Crippen LogP contribution in [0.15, 0.2) is 59.5 Å². The molecule has 1 saturated heterocycles. The summed E-state index contributed by atoms with van der Waals surface area (Å²) in [6, 6.07) is 18.1. The van der Waals surface area contributed by atoms with E-state index in [1.54, 1.807) is 47.3 Å². The maximum atomic E-state index is 14.2. The molecule has 2 heterocycles. The zero-order valence-corrected chi connectivity index (χ0v) is 28.1. The van der Waals surface area contributed by atoms with Crippen molar-refractivity contribution in [2.45, 2.75) is 28.9 Å². The number of carbonyl (C=O) groups excluding carboxylic acids is 1. The van der Waals surface area contributed by atoms with Gasteiger partial charge in [0.15, 0.2) is 23.0 Å². The summed E-state index contributed by atoms with van der Waals surface area (Å²) in [5.74, 6) is 3.37. The molecular formula is C35H45N3O6S. The average molecular weight is 636 g/mol.